The van der Waals surface area contributed by atoms with Crippen molar-refractivity contribution in [2.45, 2.75) is 56.1 Å². The Labute approximate surface area is 286 Å². The van der Waals surface area contributed by atoms with Crippen LogP contribution in [0, 0.1) is 11.6 Å². The average Bonchev–Trinajstić information content (AvgIpc) is 3.85. The van der Waals surface area contributed by atoms with E-state index in [1.165, 1.54) is 6.07 Å². The number of alkyl halides is 3. The van der Waals surface area contributed by atoms with E-state index in [0.717, 1.165) is 35.9 Å². The van der Waals surface area contributed by atoms with E-state index in [1.54, 1.807) is 29.2 Å². The highest BCUT2D eigenvalue weighted by molar-refractivity contribution is 6.03. The number of nitrogens with one attached hydrogen (secondary N) is 2. The molecule has 258 valence electrons. The molecule has 0 saturated heterocycles. The third kappa shape index (κ3) is 8.29. The molecule has 1 aliphatic heterocycles. The number of carbonyl (C=O) groups excluding carboxylic acids is 2. The number of fused-ring (bicyclic) bond motifs is 1. The van der Waals surface area contributed by atoms with Gasteiger partial charge in [0, 0.05) is 42.4 Å². The fraction of sp³-hybridized carbons (Fsp3) is 0.297. The topological polar surface area (TPSA) is 81.7 Å². The fourth-order valence-corrected chi connectivity index (χ4v) is 6.38. The van der Waals surface area contributed by atoms with E-state index in [2.05, 4.69) is 10.6 Å². The zero-order valence-electron chi connectivity index (χ0n) is 26.3. The summed E-state index contributed by atoms with van der Waals surface area (Å²) in [5, 5.41) is 17.4. The molecule has 12 heteroatoms. The Kier molecular flexibility index (Phi) is 10.8. The quantitative estimate of drug-likeness (QED) is 0.155. The summed E-state index contributed by atoms with van der Waals surface area (Å²) in [7, 11) is 0. The van der Waals surface area contributed by atoms with Gasteiger partial charge in [0.2, 0.25) is 0 Å². The van der Waals surface area contributed by atoms with Crippen molar-refractivity contribution in [3.63, 3.8) is 0 Å². The van der Waals surface area contributed by atoms with E-state index < -0.39 is 47.0 Å². The van der Waals surface area contributed by atoms with Crippen LogP contribution >= 0.6 is 12.4 Å². The molecule has 0 unspecified atom stereocenters. The molecule has 4 aromatic rings. The third-order valence-corrected chi connectivity index (χ3v) is 9.09. The van der Waals surface area contributed by atoms with Crippen molar-refractivity contribution < 1.29 is 36.6 Å². The minimum Gasteiger partial charge on any atom is -0.390 e. The molecule has 2 aliphatic rings. The van der Waals surface area contributed by atoms with Crippen LogP contribution in [0.4, 0.5) is 22.0 Å². The highest BCUT2D eigenvalue weighted by Gasteiger charge is 2.45. The molecule has 0 aromatic heterocycles. The first-order chi connectivity index (χ1) is 22.9. The number of nitrogens with zero attached hydrogens (tertiary/aromatic N) is 1. The van der Waals surface area contributed by atoms with Crippen molar-refractivity contribution in [1.82, 2.24) is 15.5 Å². The van der Waals surface area contributed by atoms with Crippen LogP contribution in [0.15, 0.2) is 91.0 Å². The van der Waals surface area contributed by atoms with Gasteiger partial charge in [-0.3, -0.25) is 9.59 Å². The number of carbonyl (C=O) groups is 2. The van der Waals surface area contributed by atoms with Gasteiger partial charge in [-0.15, -0.1) is 12.4 Å². The first-order valence-corrected chi connectivity index (χ1v) is 15.7. The summed E-state index contributed by atoms with van der Waals surface area (Å²) in [6, 6.07) is 21.3. The lowest BCUT2D eigenvalue weighted by molar-refractivity contribution is -0.137. The fourth-order valence-electron chi connectivity index (χ4n) is 6.38. The van der Waals surface area contributed by atoms with Gasteiger partial charge in [0.25, 0.3) is 11.8 Å². The van der Waals surface area contributed by atoms with Gasteiger partial charge in [-0.25, -0.2) is 8.78 Å². The van der Waals surface area contributed by atoms with Gasteiger partial charge in [-0.1, -0.05) is 48.5 Å². The van der Waals surface area contributed by atoms with Gasteiger partial charge >= 0.3 is 6.18 Å². The van der Waals surface area contributed by atoms with Crippen molar-refractivity contribution in [1.29, 1.82) is 0 Å². The summed E-state index contributed by atoms with van der Waals surface area (Å²) < 4.78 is 68.3. The first-order valence-electron chi connectivity index (χ1n) is 15.7. The van der Waals surface area contributed by atoms with E-state index in [0.29, 0.717) is 49.0 Å². The molecular weight excluding hydrogens is 665 g/mol. The van der Waals surface area contributed by atoms with Gasteiger partial charge in [0.1, 0.15) is 11.6 Å². The molecular formula is C37H35ClF5N3O3. The van der Waals surface area contributed by atoms with Crippen LogP contribution in [0.3, 0.4) is 0 Å². The number of aliphatic hydroxyl groups is 1. The maximum atomic E-state index is 14.1. The van der Waals surface area contributed by atoms with E-state index in [9.17, 15) is 36.6 Å². The van der Waals surface area contributed by atoms with Crippen molar-refractivity contribution in [2.75, 3.05) is 13.1 Å². The van der Waals surface area contributed by atoms with Gasteiger partial charge < -0.3 is 20.6 Å². The predicted octanol–water partition coefficient (Wildman–Crippen LogP) is 6.58. The molecule has 0 bridgehead atoms. The zero-order valence-corrected chi connectivity index (χ0v) is 27.1. The van der Waals surface area contributed by atoms with E-state index in [-0.39, 0.29) is 42.4 Å². The predicted molar refractivity (Wildman–Crippen MR) is 176 cm³/mol. The molecule has 3 N–H and O–H groups in total. The second kappa shape index (κ2) is 14.7. The molecule has 2 atom stereocenters. The Morgan fingerprint density at radius 2 is 1.59 bits per heavy atom. The summed E-state index contributed by atoms with van der Waals surface area (Å²) in [6.07, 6.45) is -4.45. The summed E-state index contributed by atoms with van der Waals surface area (Å²) in [5.41, 5.74) is 1.24. The van der Waals surface area contributed by atoms with Crippen LogP contribution in [-0.2, 0) is 31.1 Å². The minimum atomic E-state index is -4.51. The van der Waals surface area contributed by atoms with Crippen LogP contribution in [0.5, 0.6) is 0 Å². The molecule has 1 saturated carbocycles. The summed E-state index contributed by atoms with van der Waals surface area (Å²) in [4.78, 5) is 28.9. The van der Waals surface area contributed by atoms with Crippen molar-refractivity contribution >= 4 is 24.2 Å². The molecule has 2 amide bonds. The molecule has 6 nitrogen and oxygen atoms in total. The summed E-state index contributed by atoms with van der Waals surface area (Å²) >= 11 is 0. The first kappa shape index (κ1) is 36.0. The molecule has 4 aromatic carbocycles. The van der Waals surface area contributed by atoms with Crippen molar-refractivity contribution in [2.24, 2.45) is 0 Å². The Hall–Kier alpha value is -4.32. The van der Waals surface area contributed by atoms with Crippen molar-refractivity contribution in [3.05, 3.63) is 142 Å². The zero-order chi connectivity index (χ0) is 34.1. The Balaban J connectivity index is 0.00000468. The number of rotatable bonds is 11. The summed E-state index contributed by atoms with van der Waals surface area (Å²) in [6.45, 7) is 0.684. The average molecular weight is 700 g/mol. The maximum Gasteiger partial charge on any atom is 0.416 e. The van der Waals surface area contributed by atoms with Gasteiger partial charge in [-0.2, -0.15) is 13.2 Å². The second-order valence-corrected chi connectivity index (χ2v) is 12.5. The number of halogens is 6. The molecule has 0 radical (unpaired) electrons. The smallest absolute Gasteiger partial charge is 0.390 e. The van der Waals surface area contributed by atoms with Gasteiger partial charge in [0.15, 0.2) is 0 Å². The Morgan fingerprint density at radius 3 is 2.27 bits per heavy atom. The van der Waals surface area contributed by atoms with Crippen LogP contribution < -0.4 is 10.6 Å². The lowest BCUT2D eigenvalue weighted by Crippen LogP contribution is -2.50. The lowest BCUT2D eigenvalue weighted by Gasteiger charge is -2.31. The largest absolute Gasteiger partial charge is 0.416 e. The van der Waals surface area contributed by atoms with Crippen LogP contribution in [0.25, 0.3) is 0 Å². The monoisotopic (exact) mass is 699 g/mol. The Morgan fingerprint density at radius 1 is 0.898 bits per heavy atom. The standard InChI is InChI=1S/C37H34F5N3O3.ClH/c38-27-16-24(17-28(39)20-27)18-32(33(46)21-43-36(13-14-36)25-8-4-9-26(19-25)37(40,41)42)44-34(47)30-10-5-11-31-29(30)12-15-45(35(31)48)22-23-6-2-1-3-7-23;/h1-11,16-17,19-20,32-33,43,46H,12-15,18,21-22H2,(H,44,47);1H/t32-,33+;/m0./s1. The lowest BCUT2D eigenvalue weighted by atomic mass is 9.92. The van der Waals surface area contributed by atoms with Crippen LogP contribution in [0.2, 0.25) is 0 Å². The van der Waals surface area contributed by atoms with E-state index in [1.807, 2.05) is 30.3 Å². The van der Waals surface area contributed by atoms with Crippen LogP contribution in [0.1, 0.15) is 61.4 Å². The van der Waals surface area contributed by atoms with E-state index >= 15 is 0 Å². The van der Waals surface area contributed by atoms with Gasteiger partial charge in [0.05, 0.1) is 17.7 Å². The molecule has 1 aliphatic carbocycles. The number of benzene rings is 4. The maximum absolute atomic E-state index is 14.1. The van der Waals surface area contributed by atoms with Gasteiger partial charge in [-0.05, 0) is 84.3 Å². The molecule has 49 heavy (non-hydrogen) atoms. The highest BCUT2D eigenvalue weighted by Crippen LogP contribution is 2.46. The van der Waals surface area contributed by atoms with E-state index in [4.69, 9.17) is 0 Å². The number of hydrogen-bond acceptors (Lipinski definition) is 4. The van der Waals surface area contributed by atoms with Crippen molar-refractivity contribution in [3.8, 4) is 0 Å². The third-order valence-electron chi connectivity index (χ3n) is 9.09. The van der Waals surface area contributed by atoms with Crippen LogP contribution in [-0.4, -0.2) is 47.1 Å². The highest BCUT2D eigenvalue weighted by atomic mass is 35.5. The normalized spacial score (nSPS) is 16.3. The number of hydrogen-bond donors (Lipinski definition) is 3. The molecule has 6 rings (SSSR count). The SMILES string of the molecule is Cl.O=C(N[C@@H](Cc1cc(F)cc(F)c1)[C@H](O)CNC1(c2cccc(C(F)(F)F)c2)CC1)c1cccc2c1CCN(Cc1ccccc1)C2=O. The molecule has 1 heterocycles. The second-order valence-electron chi connectivity index (χ2n) is 12.5. The summed E-state index contributed by atoms with van der Waals surface area (Å²) in [5.74, 6) is -2.43. The Bertz CT molecular complexity index is 1800. The molecule has 1 fully saturated rings. The number of amides is 2. The minimum absolute atomic E-state index is 0. The molecule has 0 spiro atoms. The number of aliphatic hydroxyl groups excluding tert-OH is 1.